The van der Waals surface area contributed by atoms with Gasteiger partial charge in [-0.25, -0.2) is 5.43 Å². The number of aryl methyl sites for hydroxylation is 2. The third-order valence-corrected chi connectivity index (χ3v) is 4.80. The first-order valence-electron chi connectivity index (χ1n) is 8.85. The van der Waals surface area contributed by atoms with E-state index < -0.39 is 0 Å². The lowest BCUT2D eigenvalue weighted by Crippen LogP contribution is -2.32. The molecule has 1 aliphatic rings. The molecule has 0 saturated carbocycles. The molecule has 3 rings (SSSR count). The molecule has 0 bridgehead atoms. The van der Waals surface area contributed by atoms with Gasteiger partial charge in [0.05, 0.1) is 27.0 Å². The number of rotatable bonds is 6. The van der Waals surface area contributed by atoms with Crippen molar-refractivity contribution in [3.05, 3.63) is 58.1 Å². The Bertz CT molecular complexity index is 846. The van der Waals surface area contributed by atoms with E-state index in [4.69, 9.17) is 9.47 Å². The van der Waals surface area contributed by atoms with E-state index in [9.17, 15) is 4.79 Å². The van der Waals surface area contributed by atoms with E-state index in [-0.39, 0.29) is 5.91 Å². The zero-order valence-electron chi connectivity index (χ0n) is 16.2. The van der Waals surface area contributed by atoms with E-state index >= 15 is 0 Å². The van der Waals surface area contributed by atoms with E-state index in [2.05, 4.69) is 41.4 Å². The van der Waals surface area contributed by atoms with Crippen LogP contribution in [0.2, 0.25) is 0 Å². The molecule has 1 N–H and O–H groups in total. The molecule has 0 fully saturated rings. The third-order valence-electron chi connectivity index (χ3n) is 4.80. The minimum atomic E-state index is -0.139. The minimum absolute atomic E-state index is 0.139. The van der Waals surface area contributed by atoms with Crippen molar-refractivity contribution in [2.45, 2.75) is 26.9 Å². The lowest BCUT2D eigenvalue weighted by molar-refractivity contribution is -0.122. The van der Waals surface area contributed by atoms with E-state index in [0.717, 1.165) is 18.7 Å². The summed E-state index contributed by atoms with van der Waals surface area (Å²) in [5, 5.41) is 4.05. The molecule has 2 aromatic carbocycles. The summed E-state index contributed by atoms with van der Waals surface area (Å²) in [4.78, 5) is 14.3. The molecular formula is C21H25N3O3. The van der Waals surface area contributed by atoms with Gasteiger partial charge in [-0.2, -0.15) is 5.10 Å². The van der Waals surface area contributed by atoms with Gasteiger partial charge in [0.15, 0.2) is 0 Å². The molecule has 1 aliphatic heterocycles. The summed E-state index contributed by atoms with van der Waals surface area (Å²) in [6.45, 7) is 6.13. The molecule has 142 valence electrons. The van der Waals surface area contributed by atoms with Crippen LogP contribution in [0.5, 0.6) is 11.5 Å². The number of ether oxygens (including phenoxy) is 2. The van der Waals surface area contributed by atoms with Crippen molar-refractivity contribution >= 4 is 12.1 Å². The standard InChI is InChI=1S/C21H25N3O3/c1-14-7-17-11-24(12-18(17)8-15(14)2)13-21(25)23-22-10-16-5-6-19(26-3)9-20(16)27-4/h5-10H,11-13H2,1-4H3,(H,23,25)/b22-10-. The fourth-order valence-electron chi connectivity index (χ4n) is 3.22. The van der Waals surface area contributed by atoms with Gasteiger partial charge in [-0.1, -0.05) is 12.1 Å². The predicted octanol–water partition coefficient (Wildman–Crippen LogP) is 2.79. The second-order valence-electron chi connectivity index (χ2n) is 6.75. The number of carbonyl (C=O) groups is 1. The Hall–Kier alpha value is -2.86. The predicted molar refractivity (Wildman–Crippen MR) is 105 cm³/mol. The maximum Gasteiger partial charge on any atom is 0.254 e. The van der Waals surface area contributed by atoms with E-state index in [1.54, 1.807) is 26.5 Å². The number of carbonyl (C=O) groups excluding carboxylic acids is 1. The molecule has 0 unspecified atom stereocenters. The number of hydrazone groups is 1. The molecule has 6 heteroatoms. The highest BCUT2D eigenvalue weighted by atomic mass is 16.5. The Kier molecular flexibility index (Phi) is 5.76. The zero-order chi connectivity index (χ0) is 19.4. The van der Waals surface area contributed by atoms with Gasteiger partial charge < -0.3 is 9.47 Å². The van der Waals surface area contributed by atoms with Crippen molar-refractivity contribution in [1.82, 2.24) is 10.3 Å². The van der Waals surface area contributed by atoms with Crippen LogP contribution in [-0.4, -0.2) is 37.8 Å². The SMILES string of the molecule is COc1ccc(/C=N\NC(=O)CN2Cc3cc(C)c(C)cc3C2)c(OC)c1. The lowest BCUT2D eigenvalue weighted by atomic mass is 10.0. The van der Waals surface area contributed by atoms with Crippen LogP contribution in [-0.2, 0) is 17.9 Å². The minimum Gasteiger partial charge on any atom is -0.497 e. The van der Waals surface area contributed by atoms with Crippen molar-refractivity contribution in [3.8, 4) is 11.5 Å². The van der Waals surface area contributed by atoms with Crippen LogP contribution in [0.4, 0.5) is 0 Å². The van der Waals surface area contributed by atoms with Crippen LogP contribution < -0.4 is 14.9 Å². The Morgan fingerprint density at radius 2 is 1.78 bits per heavy atom. The molecule has 0 aliphatic carbocycles. The summed E-state index contributed by atoms with van der Waals surface area (Å²) < 4.78 is 10.5. The summed E-state index contributed by atoms with van der Waals surface area (Å²) in [6, 6.07) is 9.86. The number of nitrogens with one attached hydrogen (secondary N) is 1. The molecule has 1 amide bonds. The number of hydrogen-bond donors (Lipinski definition) is 1. The molecule has 0 spiro atoms. The second-order valence-corrected chi connectivity index (χ2v) is 6.75. The third kappa shape index (κ3) is 4.46. The Morgan fingerprint density at radius 3 is 2.37 bits per heavy atom. The van der Waals surface area contributed by atoms with Crippen molar-refractivity contribution in [1.29, 1.82) is 0 Å². The second kappa shape index (κ2) is 8.22. The summed E-state index contributed by atoms with van der Waals surface area (Å²) in [5.74, 6) is 1.19. The van der Waals surface area contributed by atoms with E-state index in [1.165, 1.54) is 22.3 Å². The largest absolute Gasteiger partial charge is 0.497 e. The van der Waals surface area contributed by atoms with Gasteiger partial charge in [0.2, 0.25) is 0 Å². The van der Waals surface area contributed by atoms with Crippen molar-refractivity contribution in [2.75, 3.05) is 20.8 Å². The van der Waals surface area contributed by atoms with Gasteiger partial charge in [-0.05, 0) is 48.2 Å². The fourth-order valence-corrected chi connectivity index (χ4v) is 3.22. The molecule has 0 saturated heterocycles. The molecule has 1 heterocycles. The number of benzene rings is 2. The summed E-state index contributed by atoms with van der Waals surface area (Å²) in [5.41, 5.74) is 8.54. The smallest absolute Gasteiger partial charge is 0.254 e. The Labute approximate surface area is 159 Å². The van der Waals surface area contributed by atoms with Crippen LogP contribution in [0.3, 0.4) is 0 Å². The molecule has 0 aromatic heterocycles. The molecular weight excluding hydrogens is 342 g/mol. The van der Waals surface area contributed by atoms with Gasteiger partial charge >= 0.3 is 0 Å². The topological polar surface area (TPSA) is 63.2 Å². The maximum atomic E-state index is 12.2. The zero-order valence-corrected chi connectivity index (χ0v) is 16.2. The monoisotopic (exact) mass is 367 g/mol. The van der Waals surface area contributed by atoms with Crippen LogP contribution >= 0.6 is 0 Å². The van der Waals surface area contributed by atoms with Crippen LogP contribution in [0.1, 0.15) is 27.8 Å². The highest BCUT2D eigenvalue weighted by Crippen LogP contribution is 2.25. The first kappa shape index (κ1) is 18.9. The molecule has 2 aromatic rings. The first-order valence-corrected chi connectivity index (χ1v) is 8.85. The number of fused-ring (bicyclic) bond motifs is 1. The maximum absolute atomic E-state index is 12.2. The Morgan fingerprint density at radius 1 is 1.11 bits per heavy atom. The first-order chi connectivity index (χ1) is 13.0. The number of nitrogens with zero attached hydrogens (tertiary/aromatic N) is 2. The highest BCUT2D eigenvalue weighted by Gasteiger charge is 2.21. The van der Waals surface area contributed by atoms with Crippen LogP contribution in [0.15, 0.2) is 35.4 Å². The quantitative estimate of drug-likeness (QED) is 0.630. The average Bonchev–Trinajstić information content (AvgIpc) is 3.03. The van der Waals surface area contributed by atoms with Crippen LogP contribution in [0, 0.1) is 13.8 Å². The van der Waals surface area contributed by atoms with Gasteiger partial charge in [0.1, 0.15) is 11.5 Å². The molecule has 27 heavy (non-hydrogen) atoms. The van der Waals surface area contributed by atoms with Crippen molar-refractivity contribution < 1.29 is 14.3 Å². The van der Waals surface area contributed by atoms with Gasteiger partial charge in [0, 0.05) is 24.7 Å². The van der Waals surface area contributed by atoms with Gasteiger partial charge in [-0.15, -0.1) is 0 Å². The lowest BCUT2D eigenvalue weighted by Gasteiger charge is -2.12. The summed E-state index contributed by atoms with van der Waals surface area (Å²) in [6.07, 6.45) is 1.57. The summed E-state index contributed by atoms with van der Waals surface area (Å²) in [7, 11) is 3.18. The van der Waals surface area contributed by atoms with E-state index in [1.807, 2.05) is 12.1 Å². The van der Waals surface area contributed by atoms with E-state index in [0.29, 0.717) is 18.0 Å². The summed E-state index contributed by atoms with van der Waals surface area (Å²) >= 11 is 0. The Balaban J connectivity index is 1.55. The molecule has 0 atom stereocenters. The number of amides is 1. The normalized spacial score (nSPS) is 13.6. The number of hydrogen-bond acceptors (Lipinski definition) is 5. The van der Waals surface area contributed by atoms with Crippen LogP contribution in [0.25, 0.3) is 0 Å². The van der Waals surface area contributed by atoms with Gasteiger partial charge in [-0.3, -0.25) is 9.69 Å². The molecule has 6 nitrogen and oxygen atoms in total. The van der Waals surface area contributed by atoms with Crippen molar-refractivity contribution in [3.63, 3.8) is 0 Å². The fraction of sp³-hybridized carbons (Fsp3) is 0.333. The van der Waals surface area contributed by atoms with Crippen molar-refractivity contribution in [2.24, 2.45) is 5.10 Å². The number of methoxy groups -OCH3 is 2. The highest BCUT2D eigenvalue weighted by molar-refractivity contribution is 5.86. The molecule has 0 radical (unpaired) electrons. The average molecular weight is 367 g/mol. The van der Waals surface area contributed by atoms with Gasteiger partial charge in [0.25, 0.3) is 5.91 Å².